The van der Waals surface area contributed by atoms with Crippen LogP contribution in [0.3, 0.4) is 0 Å². The SMILES string of the molecule is CCCCCCCCCN(C)C1CCC(=O)CC1. The number of Topliss-reactive ketones (excluding diaryl/α,β-unsaturated/α-hetero) is 1. The van der Waals surface area contributed by atoms with E-state index in [0.29, 0.717) is 11.8 Å². The van der Waals surface area contributed by atoms with Gasteiger partial charge in [-0.05, 0) is 32.9 Å². The van der Waals surface area contributed by atoms with Crippen LogP contribution in [0.15, 0.2) is 0 Å². The molecule has 0 amide bonds. The average Bonchev–Trinajstić information content (AvgIpc) is 2.38. The molecular formula is C16H31NO. The maximum absolute atomic E-state index is 11.2. The van der Waals surface area contributed by atoms with Crippen LogP contribution in [-0.4, -0.2) is 30.3 Å². The third-order valence-corrected chi connectivity index (χ3v) is 4.25. The molecule has 0 aromatic carbocycles. The van der Waals surface area contributed by atoms with Gasteiger partial charge in [-0.3, -0.25) is 4.79 Å². The zero-order valence-electron chi connectivity index (χ0n) is 12.4. The fourth-order valence-corrected chi connectivity index (χ4v) is 2.87. The summed E-state index contributed by atoms with van der Waals surface area (Å²) < 4.78 is 0. The summed E-state index contributed by atoms with van der Waals surface area (Å²) in [5.41, 5.74) is 0. The lowest BCUT2D eigenvalue weighted by Crippen LogP contribution is -2.35. The molecule has 0 aliphatic heterocycles. The van der Waals surface area contributed by atoms with Gasteiger partial charge < -0.3 is 4.90 Å². The minimum absolute atomic E-state index is 0.468. The lowest BCUT2D eigenvalue weighted by molar-refractivity contribution is -0.121. The fourth-order valence-electron chi connectivity index (χ4n) is 2.87. The summed E-state index contributed by atoms with van der Waals surface area (Å²) in [6.07, 6.45) is 13.5. The van der Waals surface area contributed by atoms with E-state index in [4.69, 9.17) is 0 Å². The van der Waals surface area contributed by atoms with E-state index in [1.165, 1.54) is 51.5 Å². The molecule has 0 bridgehead atoms. The van der Waals surface area contributed by atoms with Crippen LogP contribution in [0.1, 0.15) is 77.6 Å². The van der Waals surface area contributed by atoms with Crippen molar-refractivity contribution in [2.24, 2.45) is 0 Å². The van der Waals surface area contributed by atoms with Gasteiger partial charge in [0.05, 0.1) is 0 Å². The number of nitrogens with zero attached hydrogens (tertiary/aromatic N) is 1. The van der Waals surface area contributed by atoms with Crippen molar-refractivity contribution in [3.05, 3.63) is 0 Å². The van der Waals surface area contributed by atoms with Gasteiger partial charge in [0, 0.05) is 18.9 Å². The maximum Gasteiger partial charge on any atom is 0.133 e. The summed E-state index contributed by atoms with van der Waals surface area (Å²) in [6, 6.07) is 0.669. The van der Waals surface area contributed by atoms with Gasteiger partial charge in [-0.15, -0.1) is 0 Å². The summed E-state index contributed by atoms with van der Waals surface area (Å²) in [6.45, 7) is 3.48. The summed E-state index contributed by atoms with van der Waals surface area (Å²) in [7, 11) is 2.23. The second kappa shape index (κ2) is 9.55. The van der Waals surface area contributed by atoms with Crippen LogP contribution in [0.5, 0.6) is 0 Å². The molecule has 0 unspecified atom stereocenters. The zero-order chi connectivity index (χ0) is 13.2. The molecule has 0 atom stereocenters. The largest absolute Gasteiger partial charge is 0.303 e. The van der Waals surface area contributed by atoms with Crippen molar-refractivity contribution in [1.29, 1.82) is 0 Å². The highest BCUT2D eigenvalue weighted by Crippen LogP contribution is 2.19. The Bertz CT molecular complexity index is 217. The molecule has 0 saturated heterocycles. The number of rotatable bonds is 9. The summed E-state index contributed by atoms with van der Waals surface area (Å²) in [5.74, 6) is 0.468. The lowest BCUT2D eigenvalue weighted by atomic mass is 9.93. The molecule has 1 aliphatic rings. The Morgan fingerprint density at radius 2 is 1.56 bits per heavy atom. The number of carbonyl (C=O) groups is 1. The molecule has 2 heteroatoms. The predicted molar refractivity (Wildman–Crippen MR) is 77.9 cm³/mol. The zero-order valence-corrected chi connectivity index (χ0v) is 12.4. The molecule has 1 saturated carbocycles. The molecule has 0 heterocycles. The first-order chi connectivity index (χ1) is 8.74. The van der Waals surface area contributed by atoms with Crippen molar-refractivity contribution in [2.75, 3.05) is 13.6 Å². The van der Waals surface area contributed by atoms with Crippen LogP contribution in [0.4, 0.5) is 0 Å². The van der Waals surface area contributed by atoms with Crippen molar-refractivity contribution in [3.8, 4) is 0 Å². The first kappa shape index (κ1) is 15.7. The molecule has 1 fully saturated rings. The van der Waals surface area contributed by atoms with Gasteiger partial charge in [-0.25, -0.2) is 0 Å². The van der Waals surface area contributed by atoms with E-state index in [1.54, 1.807) is 0 Å². The van der Waals surface area contributed by atoms with Gasteiger partial charge in [-0.2, -0.15) is 0 Å². The first-order valence-corrected chi connectivity index (χ1v) is 7.96. The Morgan fingerprint density at radius 1 is 1.00 bits per heavy atom. The van der Waals surface area contributed by atoms with Gasteiger partial charge in [-0.1, -0.05) is 45.4 Å². The van der Waals surface area contributed by atoms with Crippen LogP contribution < -0.4 is 0 Å². The van der Waals surface area contributed by atoms with E-state index in [-0.39, 0.29) is 0 Å². The molecule has 18 heavy (non-hydrogen) atoms. The van der Waals surface area contributed by atoms with Gasteiger partial charge in [0.15, 0.2) is 0 Å². The second-order valence-electron chi connectivity index (χ2n) is 5.87. The van der Waals surface area contributed by atoms with Crippen LogP contribution in [0.25, 0.3) is 0 Å². The van der Waals surface area contributed by atoms with Crippen molar-refractivity contribution in [3.63, 3.8) is 0 Å². The van der Waals surface area contributed by atoms with Crippen LogP contribution in [0, 0.1) is 0 Å². The second-order valence-corrected chi connectivity index (χ2v) is 5.87. The monoisotopic (exact) mass is 253 g/mol. The van der Waals surface area contributed by atoms with Crippen LogP contribution >= 0.6 is 0 Å². The van der Waals surface area contributed by atoms with E-state index in [1.807, 2.05) is 0 Å². The Labute approximate surface area is 113 Å². The third kappa shape index (κ3) is 6.53. The number of ketones is 1. The number of hydrogen-bond acceptors (Lipinski definition) is 2. The van der Waals surface area contributed by atoms with Crippen molar-refractivity contribution >= 4 is 5.78 Å². The molecular weight excluding hydrogens is 222 g/mol. The smallest absolute Gasteiger partial charge is 0.133 e. The molecule has 0 spiro atoms. The maximum atomic E-state index is 11.2. The fraction of sp³-hybridized carbons (Fsp3) is 0.938. The minimum atomic E-state index is 0.468. The molecule has 1 aliphatic carbocycles. The molecule has 0 aromatic heterocycles. The standard InChI is InChI=1S/C16H31NO/c1-3-4-5-6-7-8-9-14-17(2)15-10-12-16(18)13-11-15/h15H,3-14H2,1-2H3. The Kier molecular flexibility index (Phi) is 8.32. The van der Waals surface area contributed by atoms with E-state index in [9.17, 15) is 4.79 Å². The Morgan fingerprint density at radius 3 is 2.17 bits per heavy atom. The van der Waals surface area contributed by atoms with Gasteiger partial charge >= 0.3 is 0 Å². The van der Waals surface area contributed by atoms with Crippen molar-refractivity contribution in [2.45, 2.75) is 83.6 Å². The van der Waals surface area contributed by atoms with Crippen molar-refractivity contribution < 1.29 is 4.79 Å². The predicted octanol–water partition coefficient (Wildman–Crippen LogP) is 4.18. The molecule has 1 rings (SSSR count). The third-order valence-electron chi connectivity index (χ3n) is 4.25. The topological polar surface area (TPSA) is 20.3 Å². The summed E-state index contributed by atoms with van der Waals surface area (Å²) in [4.78, 5) is 13.7. The van der Waals surface area contributed by atoms with E-state index in [2.05, 4.69) is 18.9 Å². The molecule has 0 radical (unpaired) electrons. The van der Waals surface area contributed by atoms with Gasteiger partial charge in [0.1, 0.15) is 5.78 Å². The normalized spacial score (nSPS) is 17.6. The summed E-state index contributed by atoms with van der Waals surface area (Å²) in [5, 5.41) is 0. The lowest BCUT2D eigenvalue weighted by Gasteiger charge is -2.30. The van der Waals surface area contributed by atoms with Gasteiger partial charge in [0.25, 0.3) is 0 Å². The number of hydrogen-bond donors (Lipinski definition) is 0. The summed E-state index contributed by atoms with van der Waals surface area (Å²) >= 11 is 0. The van der Waals surface area contributed by atoms with E-state index in [0.717, 1.165) is 25.7 Å². The van der Waals surface area contributed by atoms with Crippen LogP contribution in [0.2, 0.25) is 0 Å². The molecule has 106 valence electrons. The number of unbranched alkanes of at least 4 members (excludes halogenated alkanes) is 6. The Hall–Kier alpha value is -0.370. The van der Waals surface area contributed by atoms with Gasteiger partial charge in [0.2, 0.25) is 0 Å². The van der Waals surface area contributed by atoms with E-state index >= 15 is 0 Å². The number of carbonyl (C=O) groups excluding carboxylic acids is 1. The average molecular weight is 253 g/mol. The highest BCUT2D eigenvalue weighted by molar-refractivity contribution is 5.79. The molecule has 2 nitrogen and oxygen atoms in total. The highest BCUT2D eigenvalue weighted by Gasteiger charge is 2.21. The van der Waals surface area contributed by atoms with Crippen molar-refractivity contribution in [1.82, 2.24) is 4.90 Å². The molecule has 0 N–H and O–H groups in total. The Balaban J connectivity index is 1.96. The molecule has 0 aromatic rings. The first-order valence-electron chi connectivity index (χ1n) is 7.96. The van der Waals surface area contributed by atoms with E-state index < -0.39 is 0 Å². The highest BCUT2D eigenvalue weighted by atomic mass is 16.1. The quantitative estimate of drug-likeness (QED) is 0.575. The van der Waals surface area contributed by atoms with Crippen LogP contribution in [-0.2, 0) is 4.79 Å². The minimum Gasteiger partial charge on any atom is -0.303 e.